The maximum Gasteiger partial charge on any atom is 0.233 e. The van der Waals surface area contributed by atoms with Crippen molar-refractivity contribution in [1.82, 2.24) is 9.80 Å². The molecule has 0 radical (unpaired) electrons. The lowest BCUT2D eigenvalue weighted by atomic mass is 9.57. The molecule has 162 valence electrons. The number of benzene rings is 1. The molecule has 0 unspecified atom stereocenters. The molecule has 6 atom stereocenters. The molecule has 1 aromatic rings. The number of aryl methyl sites for hydroxylation is 2. The number of aromatic hydroxyl groups is 1. The number of carbonyl (C=O) groups is 4. The highest BCUT2D eigenvalue weighted by Gasteiger charge is 2.60. The third kappa shape index (κ3) is 2.52. The Bertz CT molecular complexity index is 1070. The molecular weight excluding hydrogens is 396 g/mol. The third-order valence-corrected chi connectivity index (χ3v) is 7.96. The van der Waals surface area contributed by atoms with Crippen LogP contribution in [0, 0.1) is 43.4 Å². The fourth-order valence-electron chi connectivity index (χ4n) is 6.45. The normalized spacial score (nSPS) is 34.6. The van der Waals surface area contributed by atoms with E-state index in [1.165, 1.54) is 23.9 Å². The lowest BCUT2D eigenvalue weighted by Gasteiger charge is -2.44. The number of phenols is 1. The van der Waals surface area contributed by atoms with Gasteiger partial charge in [-0.3, -0.25) is 29.0 Å². The molecule has 7 heteroatoms. The van der Waals surface area contributed by atoms with Gasteiger partial charge in [-0.05, 0) is 49.3 Å². The molecule has 2 aliphatic carbocycles. The van der Waals surface area contributed by atoms with Gasteiger partial charge in [-0.2, -0.15) is 0 Å². The summed E-state index contributed by atoms with van der Waals surface area (Å²) in [6.45, 7) is 3.63. The molecule has 2 heterocycles. The maximum absolute atomic E-state index is 13.1. The summed E-state index contributed by atoms with van der Waals surface area (Å²) in [5, 5.41) is 10.3. The van der Waals surface area contributed by atoms with Crippen molar-refractivity contribution in [2.75, 3.05) is 14.1 Å². The zero-order valence-corrected chi connectivity index (χ0v) is 18.1. The smallest absolute Gasteiger partial charge is 0.233 e. The lowest BCUT2D eigenvalue weighted by Crippen LogP contribution is -2.43. The van der Waals surface area contributed by atoms with Gasteiger partial charge in [-0.25, -0.2) is 0 Å². The molecule has 0 bridgehead atoms. The zero-order chi connectivity index (χ0) is 22.4. The summed E-state index contributed by atoms with van der Waals surface area (Å²) in [6, 6.07) is 3.76. The van der Waals surface area contributed by atoms with Gasteiger partial charge in [0.25, 0.3) is 0 Å². The Morgan fingerprint density at radius 3 is 1.97 bits per heavy atom. The van der Waals surface area contributed by atoms with Crippen molar-refractivity contribution in [3.63, 3.8) is 0 Å². The molecule has 3 fully saturated rings. The second kappa shape index (κ2) is 6.52. The number of nitrogens with zero attached hydrogens (tertiary/aromatic N) is 2. The van der Waals surface area contributed by atoms with Gasteiger partial charge in [0.1, 0.15) is 5.75 Å². The topological polar surface area (TPSA) is 95.0 Å². The van der Waals surface area contributed by atoms with Crippen LogP contribution in [-0.4, -0.2) is 52.6 Å². The van der Waals surface area contributed by atoms with Gasteiger partial charge in [0.05, 0.1) is 23.7 Å². The van der Waals surface area contributed by atoms with E-state index in [4.69, 9.17) is 0 Å². The van der Waals surface area contributed by atoms with Gasteiger partial charge in [0.2, 0.25) is 23.6 Å². The average Bonchev–Trinajstić information content (AvgIpc) is 3.10. The van der Waals surface area contributed by atoms with Crippen LogP contribution < -0.4 is 0 Å². The van der Waals surface area contributed by atoms with Crippen LogP contribution >= 0.6 is 0 Å². The largest absolute Gasteiger partial charge is 0.507 e. The van der Waals surface area contributed by atoms with Crippen molar-refractivity contribution in [1.29, 1.82) is 0 Å². The van der Waals surface area contributed by atoms with E-state index in [2.05, 4.69) is 0 Å². The Hall–Kier alpha value is -2.96. The van der Waals surface area contributed by atoms with Crippen LogP contribution in [0.15, 0.2) is 23.8 Å². The Balaban J connectivity index is 1.69. The predicted molar refractivity (Wildman–Crippen MR) is 111 cm³/mol. The highest BCUT2D eigenvalue weighted by atomic mass is 16.3. The van der Waals surface area contributed by atoms with Crippen molar-refractivity contribution >= 4 is 23.6 Å². The first kappa shape index (κ1) is 20.0. The van der Waals surface area contributed by atoms with Gasteiger partial charge in [0, 0.05) is 20.0 Å². The van der Waals surface area contributed by atoms with Gasteiger partial charge in [-0.1, -0.05) is 23.8 Å². The Morgan fingerprint density at radius 1 is 0.806 bits per heavy atom. The number of hydrogen-bond donors (Lipinski definition) is 1. The number of imide groups is 2. The first-order valence-electron chi connectivity index (χ1n) is 10.8. The Morgan fingerprint density at radius 2 is 1.35 bits per heavy atom. The molecule has 1 N–H and O–H groups in total. The molecule has 0 spiro atoms. The number of fused-ring (bicyclic) bond motifs is 4. The number of likely N-dealkylation sites (tertiary alicyclic amines) is 2. The van der Waals surface area contributed by atoms with Crippen molar-refractivity contribution < 1.29 is 24.3 Å². The van der Waals surface area contributed by atoms with Gasteiger partial charge >= 0.3 is 0 Å². The quantitative estimate of drug-likeness (QED) is 0.551. The van der Waals surface area contributed by atoms with Crippen molar-refractivity contribution in [2.24, 2.45) is 29.6 Å². The predicted octanol–water partition coefficient (Wildman–Crippen LogP) is 1.90. The summed E-state index contributed by atoms with van der Waals surface area (Å²) in [7, 11) is 3.04. The highest BCUT2D eigenvalue weighted by Crippen LogP contribution is 2.57. The number of phenolic OH excluding ortho intramolecular Hbond substituents is 1. The minimum atomic E-state index is -0.523. The van der Waals surface area contributed by atoms with Crippen LogP contribution in [0.25, 0.3) is 0 Å². The minimum Gasteiger partial charge on any atom is -0.507 e. The van der Waals surface area contributed by atoms with E-state index in [0.717, 1.165) is 11.1 Å². The van der Waals surface area contributed by atoms with Gasteiger partial charge in [-0.15, -0.1) is 0 Å². The Labute approximate surface area is 180 Å². The molecule has 4 amide bonds. The first-order valence-corrected chi connectivity index (χ1v) is 10.8. The van der Waals surface area contributed by atoms with Crippen LogP contribution in [0.4, 0.5) is 0 Å². The summed E-state index contributed by atoms with van der Waals surface area (Å²) in [6.07, 6.45) is 2.91. The number of allylic oxidation sites excluding steroid dienone is 2. The van der Waals surface area contributed by atoms with E-state index < -0.39 is 23.7 Å². The van der Waals surface area contributed by atoms with Crippen molar-refractivity contribution in [3.8, 4) is 5.75 Å². The molecule has 2 saturated heterocycles. The first-order chi connectivity index (χ1) is 14.6. The van der Waals surface area contributed by atoms with Crippen LogP contribution in [-0.2, 0) is 19.2 Å². The number of carbonyl (C=O) groups excluding carboxylic acids is 4. The molecule has 1 aromatic carbocycles. The average molecular weight is 422 g/mol. The van der Waals surface area contributed by atoms with Gasteiger partial charge in [0.15, 0.2) is 0 Å². The molecule has 4 aliphatic rings. The summed E-state index contributed by atoms with van der Waals surface area (Å²) in [5.41, 5.74) is 3.28. The molecule has 0 aromatic heterocycles. The van der Waals surface area contributed by atoms with Gasteiger partial charge < -0.3 is 5.11 Å². The maximum atomic E-state index is 13.1. The number of hydrogen-bond acceptors (Lipinski definition) is 5. The highest BCUT2D eigenvalue weighted by molar-refractivity contribution is 6.07. The number of rotatable bonds is 1. The van der Waals surface area contributed by atoms with Crippen LogP contribution in [0.5, 0.6) is 5.75 Å². The molecular formula is C24H26N2O5. The van der Waals surface area contributed by atoms with Crippen LogP contribution in [0.3, 0.4) is 0 Å². The lowest BCUT2D eigenvalue weighted by molar-refractivity contribution is -0.140. The third-order valence-electron chi connectivity index (χ3n) is 7.96. The summed E-state index contributed by atoms with van der Waals surface area (Å²) in [4.78, 5) is 54.2. The van der Waals surface area contributed by atoms with Crippen molar-refractivity contribution in [2.45, 2.75) is 32.6 Å². The minimum absolute atomic E-state index is 0.161. The van der Waals surface area contributed by atoms with E-state index in [-0.39, 0.29) is 41.2 Å². The second-order valence-electron chi connectivity index (χ2n) is 9.50. The van der Waals surface area contributed by atoms with E-state index in [0.29, 0.717) is 24.0 Å². The van der Waals surface area contributed by atoms with Crippen LogP contribution in [0.1, 0.15) is 35.4 Å². The molecule has 2 aliphatic heterocycles. The second-order valence-corrected chi connectivity index (χ2v) is 9.50. The van der Waals surface area contributed by atoms with Crippen LogP contribution in [0.2, 0.25) is 0 Å². The summed E-state index contributed by atoms with van der Waals surface area (Å²) in [5.74, 6) is -3.04. The number of amides is 4. The van der Waals surface area contributed by atoms with Crippen molar-refractivity contribution in [3.05, 3.63) is 40.5 Å². The summed E-state index contributed by atoms with van der Waals surface area (Å²) < 4.78 is 0. The Kier molecular flexibility index (Phi) is 4.20. The van der Waals surface area contributed by atoms with E-state index in [9.17, 15) is 24.3 Å². The molecule has 1 saturated carbocycles. The van der Waals surface area contributed by atoms with E-state index in [1.54, 1.807) is 0 Å². The molecule has 31 heavy (non-hydrogen) atoms. The molecule has 7 nitrogen and oxygen atoms in total. The standard InChI is InChI=1S/C24H26N2O5/c1-10-7-12(8-11(2)20(10)27)17-13-5-6-14-18(23(30)25(3)21(14)28)15(13)9-16-19(17)24(31)26(4)22(16)29/h5,7-8,14-19,27H,6,9H2,1-4H3/t14-,15+,16+,17-,18-,19+/m0/s1. The van der Waals surface area contributed by atoms with E-state index in [1.807, 2.05) is 32.1 Å². The zero-order valence-electron chi connectivity index (χ0n) is 18.1. The molecule has 5 rings (SSSR count). The fraction of sp³-hybridized carbons (Fsp3) is 0.500. The fourth-order valence-corrected chi connectivity index (χ4v) is 6.45. The van der Waals surface area contributed by atoms with E-state index >= 15 is 0 Å². The summed E-state index contributed by atoms with van der Waals surface area (Å²) >= 11 is 0. The monoisotopic (exact) mass is 422 g/mol. The SMILES string of the molecule is Cc1cc([C@H]2C3=CC[C@@H]4C(=O)N(C)C(=O)[C@@H]4[C@@H]3C[C@H]3C(=O)N(C)C(=O)[C@@H]23)cc(C)c1O.